The summed E-state index contributed by atoms with van der Waals surface area (Å²) in [4.78, 5) is 17.6. The Kier molecular flexibility index (Phi) is 2.43. The molecule has 0 saturated carbocycles. The number of likely N-dealkylation sites (tertiary alicyclic amines) is 1. The van der Waals surface area contributed by atoms with Gasteiger partial charge in [0, 0.05) is 19.3 Å². The molecule has 3 nitrogen and oxygen atoms in total. The van der Waals surface area contributed by atoms with Crippen LogP contribution in [0.1, 0.15) is 24.2 Å². The van der Waals surface area contributed by atoms with E-state index in [0.29, 0.717) is 10.7 Å². The molecule has 1 aliphatic rings. The quantitative estimate of drug-likeness (QED) is 0.686. The Morgan fingerprint density at radius 1 is 1.47 bits per heavy atom. The lowest BCUT2D eigenvalue weighted by Gasteiger charge is -2.45. The lowest BCUT2D eigenvalue weighted by atomic mass is 9.84. The minimum atomic E-state index is 0.0403. The third-order valence-corrected chi connectivity index (χ3v) is 2.72. The van der Waals surface area contributed by atoms with Gasteiger partial charge in [-0.3, -0.25) is 4.79 Å². The van der Waals surface area contributed by atoms with Gasteiger partial charge in [-0.25, -0.2) is 4.98 Å². The maximum Gasteiger partial charge on any atom is 0.255 e. The van der Waals surface area contributed by atoms with Gasteiger partial charge >= 0.3 is 0 Å². The summed E-state index contributed by atoms with van der Waals surface area (Å²) < 4.78 is 0. The van der Waals surface area contributed by atoms with Gasteiger partial charge in [-0.05, 0) is 17.5 Å². The van der Waals surface area contributed by atoms with Crippen molar-refractivity contribution in [2.45, 2.75) is 13.8 Å². The van der Waals surface area contributed by atoms with Crippen molar-refractivity contribution in [2.75, 3.05) is 13.1 Å². The van der Waals surface area contributed by atoms with E-state index in [9.17, 15) is 4.79 Å². The monoisotopic (exact) mass is 224 g/mol. The van der Waals surface area contributed by atoms with E-state index in [0.717, 1.165) is 13.1 Å². The smallest absolute Gasteiger partial charge is 0.255 e. The zero-order valence-corrected chi connectivity index (χ0v) is 9.58. The number of rotatable bonds is 1. The molecule has 0 aromatic carbocycles. The summed E-state index contributed by atoms with van der Waals surface area (Å²) in [6.45, 7) is 5.93. The highest BCUT2D eigenvalue weighted by Gasteiger charge is 2.37. The van der Waals surface area contributed by atoms with Crippen LogP contribution in [0.4, 0.5) is 0 Å². The largest absolute Gasteiger partial charge is 0.337 e. The van der Waals surface area contributed by atoms with Crippen molar-refractivity contribution >= 4 is 17.5 Å². The van der Waals surface area contributed by atoms with Gasteiger partial charge in [0.15, 0.2) is 0 Å². The van der Waals surface area contributed by atoms with Gasteiger partial charge in [-0.15, -0.1) is 0 Å². The standard InChI is InChI=1S/C11H13ClN2O/c1-11(2)6-14(7-11)10(15)8-3-4-9(12)13-5-8/h3-5H,6-7H2,1-2H3. The van der Waals surface area contributed by atoms with Crippen molar-refractivity contribution in [1.29, 1.82) is 0 Å². The van der Waals surface area contributed by atoms with Crippen LogP contribution in [-0.4, -0.2) is 28.9 Å². The van der Waals surface area contributed by atoms with E-state index in [1.807, 2.05) is 4.90 Å². The molecule has 0 N–H and O–H groups in total. The first-order valence-electron chi connectivity index (χ1n) is 4.89. The molecule has 2 rings (SSSR count). The molecule has 1 amide bonds. The number of nitrogens with zero attached hydrogens (tertiary/aromatic N) is 2. The Morgan fingerprint density at radius 2 is 2.13 bits per heavy atom. The van der Waals surface area contributed by atoms with Crippen LogP contribution in [0.2, 0.25) is 5.15 Å². The molecule has 80 valence electrons. The predicted octanol–water partition coefficient (Wildman–Crippen LogP) is 2.22. The Labute approximate surface area is 94.1 Å². The molecule has 15 heavy (non-hydrogen) atoms. The third kappa shape index (κ3) is 2.12. The Balaban J connectivity index is 2.07. The van der Waals surface area contributed by atoms with Crippen LogP contribution in [0.3, 0.4) is 0 Å². The molecule has 4 heteroatoms. The number of hydrogen-bond acceptors (Lipinski definition) is 2. The number of carbonyl (C=O) groups excluding carboxylic acids is 1. The van der Waals surface area contributed by atoms with Gasteiger partial charge in [-0.1, -0.05) is 25.4 Å². The SMILES string of the molecule is CC1(C)CN(C(=O)c2ccc(Cl)nc2)C1. The zero-order chi connectivity index (χ0) is 11.1. The van der Waals surface area contributed by atoms with E-state index in [4.69, 9.17) is 11.6 Å². The average Bonchev–Trinajstić information content (AvgIpc) is 2.14. The van der Waals surface area contributed by atoms with Crippen LogP contribution in [0.5, 0.6) is 0 Å². The summed E-state index contributed by atoms with van der Waals surface area (Å²) in [5.74, 6) is 0.0403. The molecule has 0 aliphatic carbocycles. The second-order valence-corrected chi connectivity index (χ2v) is 5.08. The fourth-order valence-electron chi connectivity index (χ4n) is 1.82. The Hall–Kier alpha value is -1.09. The van der Waals surface area contributed by atoms with E-state index < -0.39 is 0 Å². The van der Waals surface area contributed by atoms with Crippen LogP contribution >= 0.6 is 11.6 Å². The normalized spacial score (nSPS) is 18.5. The third-order valence-electron chi connectivity index (χ3n) is 2.50. The molecule has 1 aromatic rings. The lowest BCUT2D eigenvalue weighted by molar-refractivity contribution is 0.0236. The first-order chi connectivity index (χ1) is 6.98. The van der Waals surface area contributed by atoms with E-state index in [-0.39, 0.29) is 11.3 Å². The summed E-state index contributed by atoms with van der Waals surface area (Å²) in [5, 5.41) is 0.412. The topological polar surface area (TPSA) is 33.2 Å². The molecule has 0 atom stereocenters. The Bertz CT molecular complexity index is 378. The van der Waals surface area contributed by atoms with Gasteiger partial charge in [0.1, 0.15) is 5.15 Å². The molecule has 1 aliphatic heterocycles. The van der Waals surface area contributed by atoms with Gasteiger partial charge in [-0.2, -0.15) is 0 Å². The van der Waals surface area contributed by atoms with Gasteiger partial charge in [0.2, 0.25) is 0 Å². The van der Waals surface area contributed by atoms with Crippen LogP contribution in [-0.2, 0) is 0 Å². The minimum absolute atomic E-state index is 0.0403. The van der Waals surface area contributed by atoms with E-state index in [1.165, 1.54) is 6.20 Å². The second kappa shape index (κ2) is 3.49. The van der Waals surface area contributed by atoms with Crippen LogP contribution in [0, 0.1) is 5.41 Å². The van der Waals surface area contributed by atoms with Crippen molar-refractivity contribution < 1.29 is 4.79 Å². The van der Waals surface area contributed by atoms with Crippen LogP contribution in [0.15, 0.2) is 18.3 Å². The summed E-state index contributed by atoms with van der Waals surface area (Å²) in [6.07, 6.45) is 1.52. The first-order valence-corrected chi connectivity index (χ1v) is 5.27. The van der Waals surface area contributed by atoms with E-state index >= 15 is 0 Å². The van der Waals surface area contributed by atoms with Gasteiger partial charge in [0.05, 0.1) is 5.56 Å². The molecule has 1 aromatic heterocycles. The number of aromatic nitrogens is 1. The Morgan fingerprint density at radius 3 is 2.60 bits per heavy atom. The highest BCUT2D eigenvalue weighted by Crippen LogP contribution is 2.29. The summed E-state index contributed by atoms with van der Waals surface area (Å²) >= 11 is 5.65. The van der Waals surface area contributed by atoms with Crippen LogP contribution in [0.25, 0.3) is 0 Å². The van der Waals surface area contributed by atoms with Crippen LogP contribution < -0.4 is 0 Å². The number of carbonyl (C=O) groups is 1. The molecule has 1 fully saturated rings. The fraction of sp³-hybridized carbons (Fsp3) is 0.455. The molecular weight excluding hydrogens is 212 g/mol. The first kappa shape index (κ1) is 10.4. The average molecular weight is 225 g/mol. The molecular formula is C11H13ClN2O. The molecule has 0 bridgehead atoms. The molecule has 0 spiro atoms. The van der Waals surface area contributed by atoms with Crippen molar-refractivity contribution in [3.05, 3.63) is 29.0 Å². The number of amides is 1. The van der Waals surface area contributed by atoms with Crippen molar-refractivity contribution in [3.63, 3.8) is 0 Å². The van der Waals surface area contributed by atoms with E-state index in [2.05, 4.69) is 18.8 Å². The van der Waals surface area contributed by atoms with Gasteiger partial charge in [0.25, 0.3) is 5.91 Å². The van der Waals surface area contributed by atoms with Crippen molar-refractivity contribution in [3.8, 4) is 0 Å². The highest BCUT2D eigenvalue weighted by atomic mass is 35.5. The lowest BCUT2D eigenvalue weighted by Crippen LogP contribution is -2.55. The van der Waals surface area contributed by atoms with E-state index in [1.54, 1.807) is 12.1 Å². The predicted molar refractivity (Wildman–Crippen MR) is 58.9 cm³/mol. The maximum absolute atomic E-state index is 11.9. The molecule has 0 radical (unpaired) electrons. The molecule has 2 heterocycles. The molecule has 1 saturated heterocycles. The molecule has 0 unspecified atom stereocenters. The summed E-state index contributed by atoms with van der Waals surface area (Å²) in [5.41, 5.74) is 0.866. The maximum atomic E-state index is 11.9. The van der Waals surface area contributed by atoms with Crippen molar-refractivity contribution in [1.82, 2.24) is 9.88 Å². The fourth-order valence-corrected chi connectivity index (χ4v) is 1.93. The van der Waals surface area contributed by atoms with Gasteiger partial charge < -0.3 is 4.90 Å². The zero-order valence-electron chi connectivity index (χ0n) is 8.83. The second-order valence-electron chi connectivity index (χ2n) is 4.70. The van der Waals surface area contributed by atoms with Crippen molar-refractivity contribution in [2.24, 2.45) is 5.41 Å². The highest BCUT2D eigenvalue weighted by molar-refractivity contribution is 6.29. The summed E-state index contributed by atoms with van der Waals surface area (Å²) in [6, 6.07) is 3.35. The number of halogens is 1. The minimum Gasteiger partial charge on any atom is -0.337 e. The number of hydrogen-bond donors (Lipinski definition) is 0. The summed E-state index contributed by atoms with van der Waals surface area (Å²) in [7, 11) is 0. The number of pyridine rings is 1.